The molecule has 0 saturated carbocycles. The molecule has 5 heteroatoms. The van der Waals surface area contributed by atoms with Crippen LogP contribution in [0.4, 0.5) is 0 Å². The Morgan fingerprint density at radius 2 is 1.46 bits per heavy atom. The summed E-state index contributed by atoms with van der Waals surface area (Å²) in [5.74, 6) is 0.0494. The van der Waals surface area contributed by atoms with E-state index in [-0.39, 0.29) is 24.4 Å². The lowest BCUT2D eigenvalue weighted by atomic mass is 9.88. The van der Waals surface area contributed by atoms with Crippen molar-refractivity contribution in [3.8, 4) is 6.01 Å². The van der Waals surface area contributed by atoms with E-state index < -0.39 is 0 Å². The average Bonchev–Trinajstić information content (AvgIpc) is 2.72. The second-order valence-electron chi connectivity index (χ2n) is 5.83. The van der Waals surface area contributed by atoms with Gasteiger partial charge in [0.15, 0.2) is 6.61 Å². The zero-order valence-corrected chi connectivity index (χ0v) is 14.4. The summed E-state index contributed by atoms with van der Waals surface area (Å²) in [6, 6.07) is 22.6. The first-order valence-electron chi connectivity index (χ1n) is 8.59. The predicted octanol–water partition coefficient (Wildman–Crippen LogP) is 3.19. The van der Waals surface area contributed by atoms with Crippen LogP contribution in [0.1, 0.15) is 23.5 Å². The van der Waals surface area contributed by atoms with Gasteiger partial charge in [0.2, 0.25) is 0 Å². The van der Waals surface area contributed by atoms with Gasteiger partial charge in [-0.15, -0.1) is 0 Å². The molecule has 1 N–H and O–H groups in total. The molecule has 3 aromatic rings. The van der Waals surface area contributed by atoms with Crippen molar-refractivity contribution in [1.82, 2.24) is 15.3 Å². The van der Waals surface area contributed by atoms with Gasteiger partial charge in [-0.1, -0.05) is 60.7 Å². The molecule has 0 radical (unpaired) electrons. The Balaban J connectivity index is 1.54. The Kier molecular flexibility index (Phi) is 6.31. The Morgan fingerprint density at radius 3 is 2.04 bits per heavy atom. The van der Waals surface area contributed by atoms with Crippen LogP contribution in [-0.4, -0.2) is 29.0 Å². The molecule has 0 fully saturated rings. The number of hydrogen-bond acceptors (Lipinski definition) is 4. The Bertz CT molecular complexity index is 756. The molecule has 1 amide bonds. The van der Waals surface area contributed by atoms with Crippen LogP contribution in [0.3, 0.4) is 0 Å². The number of ether oxygens (including phenoxy) is 1. The maximum Gasteiger partial charge on any atom is 0.316 e. The SMILES string of the molecule is O=C(COc1ncccn1)NCCC(c1ccccc1)c1ccccc1. The van der Waals surface area contributed by atoms with Gasteiger partial charge in [0.25, 0.3) is 5.91 Å². The van der Waals surface area contributed by atoms with Crippen molar-refractivity contribution in [1.29, 1.82) is 0 Å². The molecule has 1 heterocycles. The van der Waals surface area contributed by atoms with Crippen molar-refractivity contribution < 1.29 is 9.53 Å². The van der Waals surface area contributed by atoms with Crippen molar-refractivity contribution in [3.63, 3.8) is 0 Å². The highest BCUT2D eigenvalue weighted by Crippen LogP contribution is 2.27. The highest BCUT2D eigenvalue weighted by atomic mass is 16.5. The van der Waals surface area contributed by atoms with Crippen LogP contribution in [0.2, 0.25) is 0 Å². The Hall–Kier alpha value is -3.21. The van der Waals surface area contributed by atoms with Crippen LogP contribution in [0.25, 0.3) is 0 Å². The van der Waals surface area contributed by atoms with Gasteiger partial charge >= 0.3 is 6.01 Å². The van der Waals surface area contributed by atoms with E-state index in [9.17, 15) is 4.79 Å². The van der Waals surface area contributed by atoms with Gasteiger partial charge in [0.1, 0.15) is 0 Å². The number of rotatable bonds is 8. The first kappa shape index (κ1) is 17.6. The van der Waals surface area contributed by atoms with Gasteiger partial charge in [-0.05, 0) is 23.6 Å². The number of aromatic nitrogens is 2. The summed E-state index contributed by atoms with van der Waals surface area (Å²) < 4.78 is 5.26. The lowest BCUT2D eigenvalue weighted by Crippen LogP contribution is -2.30. The van der Waals surface area contributed by atoms with E-state index in [2.05, 4.69) is 39.6 Å². The highest BCUT2D eigenvalue weighted by Gasteiger charge is 2.14. The van der Waals surface area contributed by atoms with E-state index in [1.165, 1.54) is 11.1 Å². The molecule has 0 unspecified atom stereocenters. The second-order valence-corrected chi connectivity index (χ2v) is 5.83. The Labute approximate surface area is 153 Å². The number of benzene rings is 2. The van der Waals surface area contributed by atoms with Gasteiger partial charge in [0, 0.05) is 24.9 Å². The summed E-state index contributed by atoms with van der Waals surface area (Å²) in [4.78, 5) is 19.8. The van der Waals surface area contributed by atoms with Crippen molar-refractivity contribution in [2.24, 2.45) is 0 Å². The summed E-state index contributed by atoms with van der Waals surface area (Å²) in [6.45, 7) is 0.470. The predicted molar refractivity (Wildman–Crippen MR) is 99.9 cm³/mol. The molecule has 0 aliphatic heterocycles. The number of nitrogens with one attached hydrogen (secondary N) is 1. The van der Waals surface area contributed by atoms with Crippen LogP contribution < -0.4 is 10.1 Å². The number of hydrogen-bond donors (Lipinski definition) is 1. The molecule has 0 aliphatic carbocycles. The molecular formula is C21H21N3O2. The maximum atomic E-state index is 12.0. The van der Waals surface area contributed by atoms with E-state index in [4.69, 9.17) is 4.74 Å². The largest absolute Gasteiger partial charge is 0.453 e. The molecule has 0 aliphatic rings. The van der Waals surface area contributed by atoms with E-state index in [0.717, 1.165) is 6.42 Å². The fraction of sp³-hybridized carbons (Fsp3) is 0.190. The minimum Gasteiger partial charge on any atom is -0.453 e. The van der Waals surface area contributed by atoms with Crippen molar-refractivity contribution >= 4 is 5.91 Å². The van der Waals surface area contributed by atoms with Gasteiger partial charge in [-0.3, -0.25) is 4.79 Å². The van der Waals surface area contributed by atoms with E-state index in [0.29, 0.717) is 6.54 Å². The molecule has 0 bridgehead atoms. The van der Waals surface area contributed by atoms with Gasteiger partial charge < -0.3 is 10.1 Å². The maximum absolute atomic E-state index is 12.0. The summed E-state index contributed by atoms with van der Waals surface area (Å²) in [7, 11) is 0. The number of carbonyl (C=O) groups is 1. The molecule has 1 aromatic heterocycles. The van der Waals surface area contributed by atoms with Crippen LogP contribution >= 0.6 is 0 Å². The summed E-state index contributed by atoms with van der Waals surface area (Å²) >= 11 is 0. The molecule has 132 valence electrons. The van der Waals surface area contributed by atoms with Gasteiger partial charge in [-0.25, -0.2) is 9.97 Å². The second kappa shape index (κ2) is 9.32. The third-order valence-corrected chi connectivity index (χ3v) is 4.03. The van der Waals surface area contributed by atoms with E-state index in [1.54, 1.807) is 18.5 Å². The van der Waals surface area contributed by atoms with Gasteiger partial charge in [0.05, 0.1) is 0 Å². The zero-order valence-electron chi connectivity index (χ0n) is 14.4. The molecule has 5 nitrogen and oxygen atoms in total. The zero-order chi connectivity index (χ0) is 18.0. The third kappa shape index (κ3) is 5.14. The minimum absolute atomic E-state index is 0.0919. The van der Waals surface area contributed by atoms with Gasteiger partial charge in [-0.2, -0.15) is 0 Å². The first-order chi connectivity index (χ1) is 12.8. The summed E-state index contributed by atoms with van der Waals surface area (Å²) in [5, 5.41) is 2.90. The lowest BCUT2D eigenvalue weighted by Gasteiger charge is -2.18. The highest BCUT2D eigenvalue weighted by molar-refractivity contribution is 5.77. The average molecular weight is 347 g/mol. The van der Waals surface area contributed by atoms with E-state index in [1.807, 2.05) is 36.4 Å². The third-order valence-electron chi connectivity index (χ3n) is 4.03. The van der Waals surface area contributed by atoms with Crippen LogP contribution in [0, 0.1) is 0 Å². The summed E-state index contributed by atoms with van der Waals surface area (Å²) in [5.41, 5.74) is 2.48. The first-order valence-corrected chi connectivity index (χ1v) is 8.59. The summed E-state index contributed by atoms with van der Waals surface area (Å²) in [6.07, 6.45) is 3.96. The van der Waals surface area contributed by atoms with Crippen LogP contribution in [0.15, 0.2) is 79.1 Å². The number of amides is 1. The lowest BCUT2D eigenvalue weighted by molar-refractivity contribution is -0.123. The van der Waals surface area contributed by atoms with Crippen LogP contribution in [-0.2, 0) is 4.79 Å². The van der Waals surface area contributed by atoms with Crippen LogP contribution in [0.5, 0.6) is 6.01 Å². The topological polar surface area (TPSA) is 64.1 Å². The molecule has 0 atom stereocenters. The number of nitrogens with zero attached hydrogens (tertiary/aromatic N) is 2. The van der Waals surface area contributed by atoms with E-state index >= 15 is 0 Å². The van der Waals surface area contributed by atoms with Crippen molar-refractivity contribution in [3.05, 3.63) is 90.3 Å². The smallest absolute Gasteiger partial charge is 0.316 e. The fourth-order valence-electron chi connectivity index (χ4n) is 2.79. The minimum atomic E-state index is -0.183. The molecule has 26 heavy (non-hydrogen) atoms. The molecule has 3 rings (SSSR count). The fourth-order valence-corrected chi connectivity index (χ4v) is 2.79. The standard InChI is InChI=1S/C21H21N3O2/c25-20(16-26-21-23-13-7-14-24-21)22-15-12-19(17-8-3-1-4-9-17)18-10-5-2-6-11-18/h1-11,13-14,19H,12,15-16H2,(H,22,25). The monoisotopic (exact) mass is 347 g/mol. The van der Waals surface area contributed by atoms with Crippen molar-refractivity contribution in [2.45, 2.75) is 12.3 Å². The Morgan fingerprint density at radius 1 is 0.885 bits per heavy atom. The molecule has 2 aromatic carbocycles. The van der Waals surface area contributed by atoms with Crippen molar-refractivity contribution in [2.75, 3.05) is 13.2 Å². The molecule has 0 spiro atoms. The quantitative estimate of drug-likeness (QED) is 0.680. The molecule has 0 saturated heterocycles. The normalized spacial score (nSPS) is 10.5. The molecular weight excluding hydrogens is 326 g/mol. The number of carbonyl (C=O) groups excluding carboxylic acids is 1.